The highest BCUT2D eigenvalue weighted by Gasteiger charge is 2.24. The Morgan fingerprint density at radius 2 is 2.40 bits per heavy atom. The number of benzene rings is 1. The number of piperidine rings is 1. The Morgan fingerprint density at radius 1 is 1.60 bits per heavy atom. The second-order valence-electron chi connectivity index (χ2n) is 5.36. The van der Waals surface area contributed by atoms with Gasteiger partial charge in [0, 0.05) is 24.7 Å². The molecule has 1 aromatic rings. The third-order valence-corrected chi connectivity index (χ3v) is 3.99. The lowest BCUT2D eigenvalue weighted by Crippen LogP contribution is -2.46. The molecule has 0 spiro atoms. The van der Waals surface area contributed by atoms with Gasteiger partial charge in [0.2, 0.25) is 0 Å². The normalized spacial score (nSPS) is 20.6. The lowest BCUT2D eigenvalue weighted by atomic mass is 9.99. The summed E-state index contributed by atoms with van der Waals surface area (Å²) in [4.78, 5) is 14.0. The molecule has 0 bridgehead atoms. The van der Waals surface area contributed by atoms with Crippen LogP contribution in [0.15, 0.2) is 24.3 Å². The molecule has 1 aliphatic heterocycles. The Kier molecular flexibility index (Phi) is 5.26. The summed E-state index contributed by atoms with van der Waals surface area (Å²) in [7, 11) is 0. The molecule has 1 heterocycles. The molecule has 0 saturated carbocycles. The number of halogens is 1. The maximum absolute atomic E-state index is 12.2. The van der Waals surface area contributed by atoms with E-state index in [4.69, 9.17) is 11.6 Å². The number of aliphatic hydroxyl groups excluding tert-OH is 1. The minimum atomic E-state index is -0.0873. The first-order valence-electron chi connectivity index (χ1n) is 7.02. The number of carbonyl (C=O) groups is 1. The SMILES string of the molecule is CC(NC(=O)N1CCCC(CO)C1)c1cccc(Cl)c1. The number of amides is 2. The van der Waals surface area contributed by atoms with E-state index in [1.807, 2.05) is 31.2 Å². The zero-order valence-electron chi connectivity index (χ0n) is 11.7. The van der Waals surface area contributed by atoms with Crippen molar-refractivity contribution < 1.29 is 9.90 Å². The van der Waals surface area contributed by atoms with Crippen LogP contribution in [0.2, 0.25) is 5.02 Å². The third kappa shape index (κ3) is 3.87. The second kappa shape index (κ2) is 6.95. The summed E-state index contributed by atoms with van der Waals surface area (Å²) >= 11 is 5.96. The summed E-state index contributed by atoms with van der Waals surface area (Å²) in [6.45, 7) is 3.47. The highest BCUT2D eigenvalue weighted by molar-refractivity contribution is 6.30. The van der Waals surface area contributed by atoms with E-state index < -0.39 is 0 Å². The van der Waals surface area contributed by atoms with Gasteiger partial charge in [-0.05, 0) is 43.4 Å². The van der Waals surface area contributed by atoms with Crippen LogP contribution in [0.1, 0.15) is 31.4 Å². The maximum atomic E-state index is 12.2. The quantitative estimate of drug-likeness (QED) is 0.901. The molecule has 2 N–H and O–H groups in total. The zero-order chi connectivity index (χ0) is 14.5. The van der Waals surface area contributed by atoms with Crippen LogP contribution in [-0.4, -0.2) is 35.7 Å². The van der Waals surface area contributed by atoms with Gasteiger partial charge in [-0.2, -0.15) is 0 Å². The first-order chi connectivity index (χ1) is 9.60. The van der Waals surface area contributed by atoms with Crippen LogP contribution in [0.5, 0.6) is 0 Å². The molecule has 0 aliphatic carbocycles. The number of carbonyl (C=O) groups excluding carboxylic acids is 1. The summed E-state index contributed by atoms with van der Waals surface area (Å²) in [5, 5.41) is 12.9. The molecule has 5 heteroatoms. The first kappa shape index (κ1) is 15.1. The molecule has 0 aromatic heterocycles. The van der Waals surface area contributed by atoms with Gasteiger partial charge in [-0.15, -0.1) is 0 Å². The van der Waals surface area contributed by atoms with Crippen molar-refractivity contribution in [3.63, 3.8) is 0 Å². The standard InChI is InChI=1S/C15H21ClN2O2/c1-11(13-5-2-6-14(16)8-13)17-15(20)18-7-3-4-12(9-18)10-19/h2,5-6,8,11-12,19H,3-4,7,9-10H2,1H3,(H,17,20). The van der Waals surface area contributed by atoms with Gasteiger partial charge in [0.1, 0.15) is 0 Å². The first-order valence-corrected chi connectivity index (χ1v) is 7.39. The molecule has 2 rings (SSSR count). The minimum absolute atomic E-state index is 0.0735. The topological polar surface area (TPSA) is 52.6 Å². The van der Waals surface area contributed by atoms with Crippen molar-refractivity contribution in [3.05, 3.63) is 34.9 Å². The fourth-order valence-electron chi connectivity index (χ4n) is 2.53. The van der Waals surface area contributed by atoms with E-state index in [2.05, 4.69) is 5.32 Å². The van der Waals surface area contributed by atoms with E-state index in [0.29, 0.717) is 11.6 Å². The predicted molar refractivity (Wildman–Crippen MR) is 79.8 cm³/mol. The fraction of sp³-hybridized carbons (Fsp3) is 0.533. The van der Waals surface area contributed by atoms with Gasteiger partial charge >= 0.3 is 6.03 Å². The number of nitrogens with zero attached hydrogens (tertiary/aromatic N) is 1. The lowest BCUT2D eigenvalue weighted by Gasteiger charge is -2.32. The number of rotatable bonds is 3. The highest BCUT2D eigenvalue weighted by Crippen LogP contribution is 2.19. The minimum Gasteiger partial charge on any atom is -0.396 e. The van der Waals surface area contributed by atoms with E-state index >= 15 is 0 Å². The highest BCUT2D eigenvalue weighted by atomic mass is 35.5. The molecule has 1 fully saturated rings. The van der Waals surface area contributed by atoms with Gasteiger partial charge in [-0.1, -0.05) is 23.7 Å². The van der Waals surface area contributed by atoms with E-state index in [-0.39, 0.29) is 24.6 Å². The van der Waals surface area contributed by atoms with E-state index in [0.717, 1.165) is 24.9 Å². The Morgan fingerprint density at radius 3 is 3.10 bits per heavy atom. The Balaban J connectivity index is 1.93. The van der Waals surface area contributed by atoms with Crippen molar-refractivity contribution >= 4 is 17.6 Å². The number of urea groups is 1. The van der Waals surface area contributed by atoms with Crippen LogP contribution < -0.4 is 5.32 Å². The van der Waals surface area contributed by atoms with Crippen molar-refractivity contribution in [3.8, 4) is 0 Å². The number of aliphatic hydroxyl groups is 1. The molecule has 20 heavy (non-hydrogen) atoms. The molecule has 2 unspecified atom stereocenters. The van der Waals surface area contributed by atoms with Crippen molar-refractivity contribution in [2.24, 2.45) is 5.92 Å². The van der Waals surface area contributed by atoms with Crippen LogP contribution >= 0.6 is 11.6 Å². The number of hydrogen-bond acceptors (Lipinski definition) is 2. The van der Waals surface area contributed by atoms with Crippen molar-refractivity contribution in [2.45, 2.75) is 25.8 Å². The predicted octanol–water partition coefficient (Wildman–Crippen LogP) is 2.81. The van der Waals surface area contributed by atoms with E-state index in [1.54, 1.807) is 4.90 Å². The largest absolute Gasteiger partial charge is 0.396 e. The monoisotopic (exact) mass is 296 g/mol. The Labute approximate surface area is 124 Å². The molecule has 4 nitrogen and oxygen atoms in total. The van der Waals surface area contributed by atoms with Crippen molar-refractivity contribution in [1.82, 2.24) is 10.2 Å². The van der Waals surface area contributed by atoms with Crippen LogP contribution in [0.25, 0.3) is 0 Å². The van der Waals surface area contributed by atoms with E-state index in [1.165, 1.54) is 0 Å². The van der Waals surface area contributed by atoms with Gasteiger partial charge in [-0.25, -0.2) is 4.79 Å². The van der Waals surface area contributed by atoms with Gasteiger partial charge in [0.15, 0.2) is 0 Å². The average Bonchev–Trinajstić information content (AvgIpc) is 2.47. The molecule has 1 saturated heterocycles. The van der Waals surface area contributed by atoms with E-state index in [9.17, 15) is 9.90 Å². The molecule has 0 radical (unpaired) electrons. The molecular formula is C15H21ClN2O2. The summed E-state index contributed by atoms with van der Waals surface area (Å²) in [6, 6.07) is 7.34. The summed E-state index contributed by atoms with van der Waals surface area (Å²) in [5.74, 6) is 0.205. The lowest BCUT2D eigenvalue weighted by molar-refractivity contribution is 0.128. The number of likely N-dealkylation sites (tertiary alicyclic amines) is 1. The number of nitrogens with one attached hydrogen (secondary N) is 1. The summed E-state index contributed by atoms with van der Waals surface area (Å²) in [5.41, 5.74) is 0.988. The Hall–Kier alpha value is -1.26. The van der Waals surface area contributed by atoms with Gasteiger partial charge in [0.25, 0.3) is 0 Å². The fourth-order valence-corrected chi connectivity index (χ4v) is 2.73. The molecule has 1 aromatic carbocycles. The van der Waals surface area contributed by atoms with Gasteiger partial charge in [-0.3, -0.25) is 0 Å². The summed E-state index contributed by atoms with van der Waals surface area (Å²) < 4.78 is 0. The van der Waals surface area contributed by atoms with Gasteiger partial charge < -0.3 is 15.3 Å². The van der Waals surface area contributed by atoms with Crippen molar-refractivity contribution in [1.29, 1.82) is 0 Å². The smallest absolute Gasteiger partial charge is 0.317 e. The Bertz CT molecular complexity index is 467. The molecular weight excluding hydrogens is 276 g/mol. The summed E-state index contributed by atoms with van der Waals surface area (Å²) in [6.07, 6.45) is 1.94. The van der Waals surface area contributed by atoms with Crippen LogP contribution in [0.4, 0.5) is 4.79 Å². The number of hydrogen-bond donors (Lipinski definition) is 2. The molecule has 110 valence electrons. The maximum Gasteiger partial charge on any atom is 0.317 e. The third-order valence-electron chi connectivity index (χ3n) is 3.75. The van der Waals surface area contributed by atoms with Gasteiger partial charge in [0.05, 0.1) is 6.04 Å². The van der Waals surface area contributed by atoms with Crippen LogP contribution in [0.3, 0.4) is 0 Å². The van der Waals surface area contributed by atoms with Crippen LogP contribution in [-0.2, 0) is 0 Å². The zero-order valence-corrected chi connectivity index (χ0v) is 12.4. The molecule has 1 aliphatic rings. The van der Waals surface area contributed by atoms with Crippen molar-refractivity contribution in [2.75, 3.05) is 19.7 Å². The molecule has 2 amide bonds. The van der Waals surface area contributed by atoms with Crippen LogP contribution in [0, 0.1) is 5.92 Å². The molecule has 2 atom stereocenters. The second-order valence-corrected chi connectivity index (χ2v) is 5.80. The average molecular weight is 297 g/mol.